The van der Waals surface area contributed by atoms with Crippen molar-refractivity contribution in [1.82, 2.24) is 9.78 Å². The van der Waals surface area contributed by atoms with Crippen LogP contribution >= 0.6 is 23.2 Å². The van der Waals surface area contributed by atoms with E-state index in [1.54, 1.807) is 0 Å². The molecule has 0 saturated heterocycles. The molecule has 14 heavy (non-hydrogen) atoms. The molecular formula is C7H8Cl2N2O3. The summed E-state index contributed by atoms with van der Waals surface area (Å²) in [6, 6.07) is 0. The molecular weight excluding hydrogens is 231 g/mol. The summed E-state index contributed by atoms with van der Waals surface area (Å²) in [5, 5.41) is 21.2. The second-order valence-corrected chi connectivity index (χ2v) is 3.42. The number of hydrogen-bond acceptors (Lipinski definition) is 4. The van der Waals surface area contributed by atoms with Crippen molar-refractivity contribution in [1.29, 1.82) is 0 Å². The number of aliphatic hydroxyl groups excluding tert-OH is 2. The van der Waals surface area contributed by atoms with E-state index < -0.39 is 18.3 Å². The summed E-state index contributed by atoms with van der Waals surface area (Å²) >= 11 is 11.1. The smallest absolute Gasteiger partial charge is 0.287 e. The Bertz CT molecular complexity index is 380. The molecule has 78 valence electrons. The van der Waals surface area contributed by atoms with E-state index in [-0.39, 0.29) is 16.6 Å². The van der Waals surface area contributed by atoms with Gasteiger partial charge in [-0.15, -0.1) is 0 Å². The molecule has 0 amide bonds. The third-order valence-corrected chi connectivity index (χ3v) is 2.29. The zero-order valence-electron chi connectivity index (χ0n) is 7.02. The summed E-state index contributed by atoms with van der Waals surface area (Å²) in [6.45, 7) is -0.569. The largest absolute Gasteiger partial charge is 0.394 e. The monoisotopic (exact) mass is 238 g/mol. The number of aromatic nitrogens is 2. The van der Waals surface area contributed by atoms with Crippen LogP contribution in [0.2, 0.25) is 10.0 Å². The van der Waals surface area contributed by atoms with Gasteiger partial charge in [-0.1, -0.05) is 23.2 Å². The van der Waals surface area contributed by atoms with Crippen LogP contribution in [0.25, 0.3) is 0 Å². The quantitative estimate of drug-likeness (QED) is 0.772. The van der Waals surface area contributed by atoms with Gasteiger partial charge in [-0.2, -0.15) is 5.10 Å². The summed E-state index contributed by atoms with van der Waals surface area (Å²) < 4.78 is 0.940. The van der Waals surface area contributed by atoms with Crippen molar-refractivity contribution < 1.29 is 10.2 Å². The van der Waals surface area contributed by atoms with Crippen molar-refractivity contribution in [2.24, 2.45) is 0 Å². The van der Waals surface area contributed by atoms with Crippen LogP contribution in [-0.4, -0.2) is 32.7 Å². The molecule has 0 aliphatic carbocycles. The van der Waals surface area contributed by atoms with Crippen molar-refractivity contribution in [3.05, 3.63) is 26.6 Å². The fourth-order valence-corrected chi connectivity index (χ4v) is 1.10. The Balaban J connectivity index is 3.00. The second kappa shape index (κ2) is 4.75. The van der Waals surface area contributed by atoms with Crippen LogP contribution in [0, 0.1) is 0 Å². The molecule has 1 aromatic rings. The molecule has 0 aliphatic heterocycles. The normalized spacial score (nSPS) is 12.9. The van der Waals surface area contributed by atoms with E-state index in [1.165, 1.54) is 6.20 Å². The summed E-state index contributed by atoms with van der Waals surface area (Å²) in [4.78, 5) is 11.3. The third-order valence-electron chi connectivity index (χ3n) is 1.54. The predicted molar refractivity (Wildman–Crippen MR) is 51.6 cm³/mol. The van der Waals surface area contributed by atoms with Crippen LogP contribution in [0.1, 0.15) is 0 Å². The molecule has 1 unspecified atom stereocenters. The van der Waals surface area contributed by atoms with E-state index in [2.05, 4.69) is 5.10 Å². The standard InChI is InChI=1S/C7H8Cl2N2O3/c8-5-1-10-11(2-4(13)3-12)7(14)6(5)9/h1,4,12-13H,2-3H2. The van der Waals surface area contributed by atoms with Gasteiger partial charge < -0.3 is 10.2 Å². The molecule has 0 saturated carbocycles. The Morgan fingerprint density at radius 1 is 1.57 bits per heavy atom. The SMILES string of the molecule is O=c1c(Cl)c(Cl)cnn1CC(O)CO. The molecule has 1 rings (SSSR count). The lowest BCUT2D eigenvalue weighted by Crippen LogP contribution is -2.30. The van der Waals surface area contributed by atoms with E-state index in [0.29, 0.717) is 0 Å². The Kier molecular flexibility index (Phi) is 3.88. The highest BCUT2D eigenvalue weighted by Gasteiger charge is 2.10. The van der Waals surface area contributed by atoms with Gasteiger partial charge in [0.25, 0.3) is 5.56 Å². The molecule has 0 aromatic carbocycles. The lowest BCUT2D eigenvalue weighted by atomic mass is 10.4. The maximum Gasteiger partial charge on any atom is 0.287 e. The average molecular weight is 239 g/mol. The molecule has 0 spiro atoms. The first-order chi connectivity index (χ1) is 6.56. The van der Waals surface area contributed by atoms with E-state index in [4.69, 9.17) is 33.4 Å². The van der Waals surface area contributed by atoms with Crippen molar-refractivity contribution in [2.75, 3.05) is 6.61 Å². The van der Waals surface area contributed by atoms with Gasteiger partial charge in [-0.05, 0) is 0 Å². The van der Waals surface area contributed by atoms with Crippen LogP contribution in [-0.2, 0) is 6.54 Å². The van der Waals surface area contributed by atoms with Gasteiger partial charge >= 0.3 is 0 Å². The van der Waals surface area contributed by atoms with Gasteiger partial charge in [0.05, 0.1) is 30.5 Å². The summed E-state index contributed by atoms with van der Waals surface area (Å²) in [7, 11) is 0. The van der Waals surface area contributed by atoms with Gasteiger partial charge in [0.2, 0.25) is 0 Å². The van der Waals surface area contributed by atoms with Gasteiger partial charge in [0, 0.05) is 0 Å². The summed E-state index contributed by atoms with van der Waals surface area (Å²) in [5.41, 5.74) is -0.591. The highest BCUT2D eigenvalue weighted by atomic mass is 35.5. The van der Waals surface area contributed by atoms with E-state index in [1.807, 2.05) is 0 Å². The number of aliphatic hydroxyl groups is 2. The molecule has 0 radical (unpaired) electrons. The number of halogens is 2. The first-order valence-electron chi connectivity index (χ1n) is 3.76. The molecule has 2 N–H and O–H groups in total. The molecule has 1 atom stereocenters. The topological polar surface area (TPSA) is 75.4 Å². The van der Waals surface area contributed by atoms with Crippen LogP contribution in [0.5, 0.6) is 0 Å². The highest BCUT2D eigenvalue weighted by molar-refractivity contribution is 6.41. The number of hydrogen-bond donors (Lipinski definition) is 2. The first kappa shape index (κ1) is 11.5. The van der Waals surface area contributed by atoms with Gasteiger partial charge in [-0.3, -0.25) is 4.79 Å². The lowest BCUT2D eigenvalue weighted by Gasteiger charge is -2.08. The van der Waals surface area contributed by atoms with Crippen molar-refractivity contribution >= 4 is 23.2 Å². The third kappa shape index (κ3) is 2.45. The van der Waals surface area contributed by atoms with Crippen LogP contribution in [0.15, 0.2) is 11.0 Å². The van der Waals surface area contributed by atoms with Crippen molar-refractivity contribution in [2.45, 2.75) is 12.6 Å². The molecule has 1 heterocycles. The Morgan fingerprint density at radius 2 is 2.21 bits per heavy atom. The van der Waals surface area contributed by atoms with Crippen molar-refractivity contribution in [3.63, 3.8) is 0 Å². The number of rotatable bonds is 3. The summed E-state index contributed by atoms with van der Waals surface area (Å²) in [5.74, 6) is 0. The van der Waals surface area contributed by atoms with Crippen LogP contribution in [0.3, 0.4) is 0 Å². The highest BCUT2D eigenvalue weighted by Crippen LogP contribution is 2.14. The molecule has 0 bridgehead atoms. The first-order valence-corrected chi connectivity index (χ1v) is 4.52. The van der Waals surface area contributed by atoms with Gasteiger partial charge in [0.1, 0.15) is 5.02 Å². The zero-order chi connectivity index (χ0) is 10.7. The maximum atomic E-state index is 11.3. The maximum absolute atomic E-state index is 11.3. The minimum Gasteiger partial charge on any atom is -0.394 e. The summed E-state index contributed by atoms with van der Waals surface area (Å²) in [6.07, 6.45) is 0.160. The molecule has 0 fully saturated rings. The van der Waals surface area contributed by atoms with Gasteiger partial charge in [-0.25, -0.2) is 4.68 Å². The average Bonchev–Trinajstić information content (AvgIpc) is 2.19. The molecule has 1 aromatic heterocycles. The minimum absolute atomic E-state index is 0.0615. The van der Waals surface area contributed by atoms with Gasteiger partial charge in [0.15, 0.2) is 0 Å². The lowest BCUT2D eigenvalue weighted by molar-refractivity contribution is 0.0770. The van der Waals surface area contributed by atoms with Crippen LogP contribution in [0.4, 0.5) is 0 Å². The fraction of sp³-hybridized carbons (Fsp3) is 0.429. The second-order valence-electron chi connectivity index (χ2n) is 2.63. The predicted octanol–water partition coefficient (Wildman–Crippen LogP) is -0.0967. The van der Waals surface area contributed by atoms with Crippen LogP contribution < -0.4 is 5.56 Å². The van der Waals surface area contributed by atoms with Crippen molar-refractivity contribution in [3.8, 4) is 0 Å². The van der Waals surface area contributed by atoms with E-state index in [0.717, 1.165) is 4.68 Å². The Hall–Kier alpha value is -0.620. The fourth-order valence-electron chi connectivity index (χ4n) is 0.832. The van der Waals surface area contributed by atoms with E-state index in [9.17, 15) is 4.79 Å². The zero-order valence-corrected chi connectivity index (χ0v) is 8.53. The Morgan fingerprint density at radius 3 is 2.79 bits per heavy atom. The number of nitrogens with zero attached hydrogens (tertiary/aromatic N) is 2. The Labute approximate surface area is 89.5 Å². The molecule has 5 nitrogen and oxygen atoms in total. The minimum atomic E-state index is -1.04. The molecule has 0 aliphatic rings. The van der Waals surface area contributed by atoms with E-state index >= 15 is 0 Å². The molecule has 7 heteroatoms.